The number of hydrogen-bond acceptors (Lipinski definition) is 5. The van der Waals surface area contributed by atoms with E-state index in [0.29, 0.717) is 17.7 Å². The van der Waals surface area contributed by atoms with E-state index in [9.17, 15) is 10.0 Å². The molecule has 126 valence electrons. The highest BCUT2D eigenvalue weighted by Crippen LogP contribution is 2.46. The Labute approximate surface area is 141 Å². The predicted molar refractivity (Wildman–Crippen MR) is 90.4 cm³/mol. The van der Waals surface area contributed by atoms with E-state index in [4.69, 9.17) is 4.74 Å². The zero-order chi connectivity index (χ0) is 16.8. The van der Waals surface area contributed by atoms with Crippen molar-refractivity contribution in [2.45, 2.75) is 38.6 Å². The lowest BCUT2D eigenvalue weighted by molar-refractivity contribution is -0.116. The van der Waals surface area contributed by atoms with Crippen LogP contribution in [0, 0.1) is 5.92 Å². The molecule has 0 fully saturated rings. The van der Waals surface area contributed by atoms with Crippen LogP contribution in [0.5, 0.6) is 5.75 Å². The fourth-order valence-corrected chi connectivity index (χ4v) is 4.53. The van der Waals surface area contributed by atoms with E-state index in [2.05, 4.69) is 29.1 Å². The predicted octanol–water partition coefficient (Wildman–Crippen LogP) is 3.08. The minimum Gasteiger partial charge on any atom is -0.497 e. The molecule has 1 N–H and O–H groups in total. The topological polar surface area (TPSA) is 62.1 Å². The van der Waals surface area contributed by atoms with Crippen LogP contribution in [-0.2, 0) is 11.2 Å². The number of allylic oxidation sites excluding steroid dienone is 2. The second-order valence-electron chi connectivity index (χ2n) is 6.83. The van der Waals surface area contributed by atoms with Crippen LogP contribution in [0.15, 0.2) is 34.6 Å². The molecule has 1 aromatic rings. The number of nitrogens with zero attached hydrogens (tertiary/aromatic N) is 2. The molecule has 0 unspecified atom stereocenters. The molecule has 2 aliphatic heterocycles. The summed E-state index contributed by atoms with van der Waals surface area (Å²) in [6, 6.07) is 6.33. The molecule has 2 heterocycles. The summed E-state index contributed by atoms with van der Waals surface area (Å²) in [6.45, 7) is 2.94. The average Bonchev–Trinajstić information content (AvgIpc) is 2.61. The van der Waals surface area contributed by atoms with Crippen molar-refractivity contribution in [3.05, 3.63) is 40.6 Å². The van der Waals surface area contributed by atoms with Crippen molar-refractivity contribution < 1.29 is 14.7 Å². The van der Waals surface area contributed by atoms with Crippen molar-refractivity contribution in [2.24, 2.45) is 11.1 Å². The monoisotopic (exact) mass is 326 g/mol. The standard InChI is InChI=1S/C19H22N2O3/c1-11-18(20-23)17-15(4-3-5-16(17)22)21-9-8-12-10-13(24-2)6-7-14(12)19(11)21/h6-7,10-11,19,23H,3-5,8-9H2,1-2H3/t11-,19+/m1/s1. The maximum Gasteiger partial charge on any atom is 0.166 e. The van der Waals surface area contributed by atoms with Crippen LogP contribution in [0.1, 0.15) is 43.4 Å². The van der Waals surface area contributed by atoms with Crippen LogP contribution < -0.4 is 4.74 Å². The van der Waals surface area contributed by atoms with Crippen LogP contribution in [0.2, 0.25) is 0 Å². The molecular formula is C19H22N2O3. The summed E-state index contributed by atoms with van der Waals surface area (Å²) in [6.07, 6.45) is 3.25. The fourth-order valence-electron chi connectivity index (χ4n) is 4.53. The van der Waals surface area contributed by atoms with Crippen molar-refractivity contribution in [1.29, 1.82) is 0 Å². The molecule has 0 saturated heterocycles. The molecule has 24 heavy (non-hydrogen) atoms. The van der Waals surface area contributed by atoms with Crippen LogP contribution in [0.25, 0.3) is 0 Å². The SMILES string of the molecule is COc1ccc2c(c1)CCN1C3=C(C(=O)CCC3)C(=NO)[C@@H](C)[C@@H]21. The molecule has 0 spiro atoms. The number of benzene rings is 1. The summed E-state index contributed by atoms with van der Waals surface area (Å²) < 4.78 is 5.35. The maximum absolute atomic E-state index is 12.5. The second kappa shape index (κ2) is 5.65. The van der Waals surface area contributed by atoms with Gasteiger partial charge in [-0.15, -0.1) is 0 Å². The Balaban J connectivity index is 1.86. The van der Waals surface area contributed by atoms with E-state index in [1.54, 1.807) is 7.11 Å². The Kier molecular flexibility index (Phi) is 3.59. The van der Waals surface area contributed by atoms with Crippen LogP contribution in [0.4, 0.5) is 0 Å². The van der Waals surface area contributed by atoms with Crippen molar-refractivity contribution in [3.63, 3.8) is 0 Å². The molecule has 0 bridgehead atoms. The third-order valence-electron chi connectivity index (χ3n) is 5.63. The van der Waals surface area contributed by atoms with Crippen molar-refractivity contribution in [2.75, 3.05) is 13.7 Å². The molecule has 4 rings (SSSR count). The molecule has 1 aromatic carbocycles. The second-order valence-corrected chi connectivity index (χ2v) is 6.83. The van der Waals surface area contributed by atoms with Crippen LogP contribution in [-0.4, -0.2) is 35.3 Å². The summed E-state index contributed by atoms with van der Waals surface area (Å²) >= 11 is 0. The quantitative estimate of drug-likeness (QED) is 0.636. The average molecular weight is 326 g/mol. The number of Topliss-reactive ketones (excluding diaryl/α,β-unsaturated/α-hetero) is 1. The van der Waals surface area contributed by atoms with Gasteiger partial charge in [0.1, 0.15) is 5.75 Å². The van der Waals surface area contributed by atoms with Crippen molar-refractivity contribution in [1.82, 2.24) is 4.90 Å². The lowest BCUT2D eigenvalue weighted by Crippen LogP contribution is -2.47. The molecule has 5 heteroatoms. The number of fused-ring (bicyclic) bond motifs is 4. The largest absolute Gasteiger partial charge is 0.497 e. The number of rotatable bonds is 1. The normalized spacial score (nSPS) is 27.7. The lowest BCUT2D eigenvalue weighted by Gasteiger charge is -2.48. The van der Waals surface area contributed by atoms with Crippen LogP contribution in [0.3, 0.4) is 0 Å². The van der Waals surface area contributed by atoms with Gasteiger partial charge in [-0.2, -0.15) is 0 Å². The molecule has 2 atom stereocenters. The van der Waals surface area contributed by atoms with Crippen molar-refractivity contribution >= 4 is 11.5 Å². The van der Waals surface area contributed by atoms with E-state index in [0.717, 1.165) is 37.3 Å². The van der Waals surface area contributed by atoms with E-state index in [1.165, 1.54) is 11.1 Å². The molecule has 0 aromatic heterocycles. The van der Waals surface area contributed by atoms with Gasteiger partial charge in [0, 0.05) is 24.6 Å². The molecule has 5 nitrogen and oxygen atoms in total. The first-order chi connectivity index (χ1) is 11.7. The highest BCUT2D eigenvalue weighted by molar-refractivity contribution is 6.24. The number of methoxy groups -OCH3 is 1. The van der Waals surface area contributed by atoms with Gasteiger partial charge in [0.2, 0.25) is 0 Å². The summed E-state index contributed by atoms with van der Waals surface area (Å²) in [7, 11) is 1.68. The molecular weight excluding hydrogens is 304 g/mol. The molecule has 3 aliphatic rings. The van der Waals surface area contributed by atoms with Gasteiger partial charge in [-0.3, -0.25) is 4.79 Å². The first-order valence-electron chi connectivity index (χ1n) is 8.57. The Bertz CT molecular complexity index is 766. The summed E-state index contributed by atoms with van der Waals surface area (Å²) in [5.41, 5.74) is 4.83. The Morgan fingerprint density at radius 3 is 2.88 bits per heavy atom. The number of ketones is 1. The fraction of sp³-hybridized carbons (Fsp3) is 0.474. The van der Waals surface area contributed by atoms with Gasteiger partial charge in [0.05, 0.1) is 24.4 Å². The Morgan fingerprint density at radius 2 is 2.12 bits per heavy atom. The minimum absolute atomic E-state index is 0.0248. The van der Waals surface area contributed by atoms with Crippen molar-refractivity contribution in [3.8, 4) is 5.75 Å². The summed E-state index contributed by atoms with van der Waals surface area (Å²) in [4.78, 5) is 14.8. The zero-order valence-electron chi connectivity index (χ0n) is 14.1. The number of carbonyl (C=O) groups excluding carboxylic acids is 1. The first-order valence-corrected chi connectivity index (χ1v) is 8.57. The van der Waals surface area contributed by atoms with Gasteiger partial charge in [0.15, 0.2) is 5.78 Å². The van der Waals surface area contributed by atoms with E-state index in [1.807, 2.05) is 6.07 Å². The molecule has 0 radical (unpaired) electrons. The number of ether oxygens (including phenoxy) is 1. The summed E-state index contributed by atoms with van der Waals surface area (Å²) in [5.74, 6) is 0.965. The zero-order valence-corrected chi connectivity index (χ0v) is 14.1. The number of hydrogen-bond donors (Lipinski definition) is 1. The van der Waals surface area contributed by atoms with Gasteiger partial charge in [-0.25, -0.2) is 0 Å². The molecule has 1 aliphatic carbocycles. The van der Waals surface area contributed by atoms with Gasteiger partial charge < -0.3 is 14.8 Å². The summed E-state index contributed by atoms with van der Waals surface area (Å²) in [5, 5.41) is 13.1. The Morgan fingerprint density at radius 1 is 1.29 bits per heavy atom. The van der Waals surface area contributed by atoms with Gasteiger partial charge in [-0.1, -0.05) is 18.1 Å². The number of oxime groups is 1. The molecule has 0 saturated carbocycles. The van der Waals surface area contributed by atoms with Gasteiger partial charge >= 0.3 is 0 Å². The Hall–Kier alpha value is -2.30. The minimum atomic E-state index is -0.0248. The maximum atomic E-state index is 12.5. The number of carbonyl (C=O) groups is 1. The first kappa shape index (κ1) is 15.2. The van der Waals surface area contributed by atoms with Gasteiger partial charge in [-0.05, 0) is 42.5 Å². The van der Waals surface area contributed by atoms with E-state index < -0.39 is 0 Å². The lowest BCUT2D eigenvalue weighted by atomic mass is 9.74. The molecule has 0 amide bonds. The third kappa shape index (κ3) is 2.07. The smallest absolute Gasteiger partial charge is 0.166 e. The third-order valence-corrected chi connectivity index (χ3v) is 5.63. The van der Waals surface area contributed by atoms with E-state index in [-0.39, 0.29) is 17.7 Å². The highest BCUT2D eigenvalue weighted by Gasteiger charge is 2.44. The van der Waals surface area contributed by atoms with Crippen LogP contribution >= 0.6 is 0 Å². The highest BCUT2D eigenvalue weighted by atomic mass is 16.5. The van der Waals surface area contributed by atoms with E-state index >= 15 is 0 Å². The van der Waals surface area contributed by atoms with Gasteiger partial charge in [0.25, 0.3) is 0 Å².